The van der Waals surface area contributed by atoms with E-state index in [0.29, 0.717) is 6.04 Å². The molecule has 34 heavy (non-hydrogen) atoms. The highest BCUT2D eigenvalue weighted by Gasteiger charge is 2.32. The van der Waals surface area contributed by atoms with Crippen LogP contribution in [-0.2, 0) is 19.4 Å². The van der Waals surface area contributed by atoms with Crippen LogP contribution in [0.1, 0.15) is 29.4 Å². The van der Waals surface area contributed by atoms with Crippen LogP contribution in [0.5, 0.6) is 0 Å². The molecule has 6 rings (SSSR count). The van der Waals surface area contributed by atoms with Gasteiger partial charge in [0.15, 0.2) is 5.16 Å². The van der Waals surface area contributed by atoms with Crippen LogP contribution in [0.25, 0.3) is 22.6 Å². The molecule has 4 heterocycles. The topological polar surface area (TPSA) is 46.8 Å². The third kappa shape index (κ3) is 3.93. The predicted octanol–water partition coefficient (Wildman–Crippen LogP) is 5.41. The first-order chi connectivity index (χ1) is 16.7. The molecule has 0 radical (unpaired) electrons. The molecule has 0 spiro atoms. The number of halogens is 1. The summed E-state index contributed by atoms with van der Waals surface area (Å²) >= 11 is 1.53. The van der Waals surface area contributed by atoms with Gasteiger partial charge in [-0.15, -0.1) is 0 Å². The highest BCUT2D eigenvalue weighted by Crippen LogP contribution is 2.40. The first-order valence-electron chi connectivity index (χ1n) is 11.7. The number of hydrogen-bond donors (Lipinski definition) is 0. The van der Waals surface area contributed by atoms with Crippen molar-refractivity contribution in [2.45, 2.75) is 37.0 Å². The van der Waals surface area contributed by atoms with Gasteiger partial charge in [-0.05, 0) is 60.6 Å². The van der Waals surface area contributed by atoms with Crippen LogP contribution in [0.2, 0.25) is 0 Å². The average molecular weight is 472 g/mol. The molecule has 0 saturated carbocycles. The SMILES string of the molecule is CSc1nccc(-c2c(-c3ccc(F)cc3)nc3n2C(CN2CCc4ccccc4C2)CC3)n1. The number of imidazole rings is 1. The van der Waals surface area contributed by atoms with Crippen molar-refractivity contribution in [2.75, 3.05) is 19.3 Å². The second-order valence-electron chi connectivity index (χ2n) is 8.98. The smallest absolute Gasteiger partial charge is 0.187 e. The lowest BCUT2D eigenvalue weighted by Crippen LogP contribution is -2.34. The van der Waals surface area contributed by atoms with Crippen LogP contribution in [0, 0.1) is 5.82 Å². The Hall–Kier alpha value is -3.03. The number of benzene rings is 2. The molecule has 7 heteroatoms. The minimum atomic E-state index is -0.244. The molecular formula is C27H26FN5S. The monoisotopic (exact) mass is 471 g/mol. The highest BCUT2D eigenvalue weighted by molar-refractivity contribution is 7.98. The first-order valence-corrected chi connectivity index (χ1v) is 13.0. The minimum Gasteiger partial charge on any atom is -0.322 e. The average Bonchev–Trinajstić information content (AvgIpc) is 3.44. The van der Waals surface area contributed by atoms with Crippen molar-refractivity contribution in [1.29, 1.82) is 0 Å². The third-order valence-corrected chi connectivity index (χ3v) is 7.47. The maximum absolute atomic E-state index is 13.7. The Morgan fingerprint density at radius 1 is 1.00 bits per heavy atom. The quantitative estimate of drug-likeness (QED) is 0.288. The standard InChI is InChI=1S/C27H26FN5S/c1-34-27-29-14-12-23(30-27)26-25(19-6-8-21(28)9-7-19)31-24-11-10-22(33(24)26)17-32-15-13-18-4-2-3-5-20(18)16-32/h2-9,12,14,22H,10-11,13,15-17H2,1H3. The van der Waals surface area contributed by atoms with Gasteiger partial charge in [-0.2, -0.15) is 0 Å². The molecule has 4 aromatic rings. The van der Waals surface area contributed by atoms with Gasteiger partial charge in [-0.1, -0.05) is 36.0 Å². The summed E-state index contributed by atoms with van der Waals surface area (Å²) in [6.07, 6.45) is 6.89. The fourth-order valence-corrected chi connectivity index (χ4v) is 5.64. The van der Waals surface area contributed by atoms with Crippen LogP contribution >= 0.6 is 11.8 Å². The van der Waals surface area contributed by atoms with E-state index in [2.05, 4.69) is 38.7 Å². The molecule has 5 nitrogen and oxygen atoms in total. The molecule has 2 aliphatic heterocycles. The fraction of sp³-hybridized carbons (Fsp3) is 0.296. The van der Waals surface area contributed by atoms with Gasteiger partial charge in [-0.3, -0.25) is 4.90 Å². The molecule has 2 aliphatic rings. The van der Waals surface area contributed by atoms with Crippen LogP contribution < -0.4 is 0 Å². The normalized spacial score (nSPS) is 17.5. The molecule has 2 aromatic heterocycles. The summed E-state index contributed by atoms with van der Waals surface area (Å²) in [7, 11) is 0. The number of rotatable bonds is 5. The zero-order chi connectivity index (χ0) is 23.1. The minimum absolute atomic E-state index is 0.244. The lowest BCUT2D eigenvalue weighted by molar-refractivity contribution is 0.218. The van der Waals surface area contributed by atoms with E-state index in [0.717, 1.165) is 72.5 Å². The van der Waals surface area contributed by atoms with E-state index in [1.165, 1.54) is 35.0 Å². The van der Waals surface area contributed by atoms with Crippen molar-refractivity contribution in [1.82, 2.24) is 24.4 Å². The lowest BCUT2D eigenvalue weighted by atomic mass is 9.99. The summed E-state index contributed by atoms with van der Waals surface area (Å²) in [6, 6.07) is 17.7. The fourth-order valence-electron chi connectivity index (χ4n) is 5.28. The van der Waals surface area contributed by atoms with Crippen LogP contribution in [-0.4, -0.2) is 43.8 Å². The zero-order valence-electron chi connectivity index (χ0n) is 19.1. The van der Waals surface area contributed by atoms with Crippen molar-refractivity contribution in [3.05, 3.63) is 83.6 Å². The van der Waals surface area contributed by atoms with Gasteiger partial charge in [-0.25, -0.2) is 19.3 Å². The van der Waals surface area contributed by atoms with E-state index in [4.69, 9.17) is 9.97 Å². The number of aryl methyl sites for hydroxylation is 1. The van der Waals surface area contributed by atoms with Crippen molar-refractivity contribution >= 4 is 11.8 Å². The Bertz CT molecular complexity index is 1330. The van der Waals surface area contributed by atoms with Crippen molar-refractivity contribution in [3.63, 3.8) is 0 Å². The molecular weight excluding hydrogens is 445 g/mol. The highest BCUT2D eigenvalue weighted by atomic mass is 32.2. The number of fused-ring (bicyclic) bond motifs is 2. The summed E-state index contributed by atoms with van der Waals surface area (Å²) in [5.74, 6) is 0.841. The van der Waals surface area contributed by atoms with Gasteiger partial charge in [0.05, 0.1) is 17.1 Å². The van der Waals surface area contributed by atoms with Crippen LogP contribution in [0.15, 0.2) is 66.0 Å². The largest absolute Gasteiger partial charge is 0.322 e. The molecule has 0 aliphatic carbocycles. The molecule has 1 atom stereocenters. The molecule has 172 valence electrons. The van der Waals surface area contributed by atoms with E-state index in [1.54, 1.807) is 0 Å². The summed E-state index contributed by atoms with van der Waals surface area (Å²) in [5, 5.41) is 0.736. The maximum Gasteiger partial charge on any atom is 0.187 e. The zero-order valence-corrected chi connectivity index (χ0v) is 19.9. The number of nitrogens with zero attached hydrogens (tertiary/aromatic N) is 5. The van der Waals surface area contributed by atoms with Gasteiger partial charge in [0.25, 0.3) is 0 Å². The van der Waals surface area contributed by atoms with E-state index < -0.39 is 0 Å². The molecule has 0 bridgehead atoms. The molecule has 0 saturated heterocycles. The van der Waals surface area contributed by atoms with Crippen molar-refractivity contribution in [3.8, 4) is 22.6 Å². The first kappa shape index (κ1) is 21.5. The Kier molecular flexibility index (Phi) is 5.67. The molecule has 0 amide bonds. The van der Waals surface area contributed by atoms with Gasteiger partial charge in [0.1, 0.15) is 11.6 Å². The second kappa shape index (κ2) is 8.96. The summed E-state index contributed by atoms with van der Waals surface area (Å²) in [4.78, 5) is 16.8. The van der Waals surface area contributed by atoms with Gasteiger partial charge >= 0.3 is 0 Å². The molecule has 0 N–H and O–H groups in total. The summed E-state index contributed by atoms with van der Waals surface area (Å²) in [6.45, 7) is 3.04. The van der Waals surface area contributed by atoms with E-state index in [9.17, 15) is 4.39 Å². The Morgan fingerprint density at radius 2 is 1.82 bits per heavy atom. The Balaban J connectivity index is 1.40. The van der Waals surface area contributed by atoms with Crippen molar-refractivity contribution < 1.29 is 4.39 Å². The number of hydrogen-bond acceptors (Lipinski definition) is 5. The Labute approximate surface area is 203 Å². The van der Waals surface area contributed by atoms with Crippen LogP contribution in [0.3, 0.4) is 0 Å². The summed E-state index contributed by atoms with van der Waals surface area (Å²) in [5.41, 5.74) is 6.57. The van der Waals surface area contributed by atoms with Gasteiger partial charge < -0.3 is 4.57 Å². The lowest BCUT2D eigenvalue weighted by Gasteiger charge is -2.31. The number of thioether (sulfide) groups is 1. The third-order valence-electron chi connectivity index (χ3n) is 6.91. The molecule has 0 fully saturated rings. The van der Waals surface area contributed by atoms with E-state index in [1.807, 2.05) is 30.7 Å². The van der Waals surface area contributed by atoms with Crippen LogP contribution in [0.4, 0.5) is 4.39 Å². The van der Waals surface area contributed by atoms with Gasteiger partial charge in [0.2, 0.25) is 0 Å². The van der Waals surface area contributed by atoms with E-state index in [-0.39, 0.29) is 5.82 Å². The molecule has 1 unspecified atom stereocenters. The number of aromatic nitrogens is 4. The second-order valence-corrected chi connectivity index (χ2v) is 9.75. The van der Waals surface area contributed by atoms with Gasteiger partial charge in [0, 0.05) is 43.9 Å². The molecule has 2 aromatic carbocycles. The van der Waals surface area contributed by atoms with E-state index >= 15 is 0 Å². The maximum atomic E-state index is 13.7. The summed E-state index contributed by atoms with van der Waals surface area (Å²) < 4.78 is 16.1. The Morgan fingerprint density at radius 3 is 2.65 bits per heavy atom. The van der Waals surface area contributed by atoms with Crippen molar-refractivity contribution in [2.24, 2.45) is 0 Å². The predicted molar refractivity (Wildman–Crippen MR) is 133 cm³/mol.